The minimum Gasteiger partial charge on any atom is -0.476 e. The smallest absolute Gasteiger partial charge is 0.476 e. The van der Waals surface area contributed by atoms with E-state index in [0.29, 0.717) is 5.56 Å². The van der Waals surface area contributed by atoms with Crippen LogP contribution in [0.5, 0.6) is 5.75 Å². The molecule has 0 amide bonds. The summed E-state index contributed by atoms with van der Waals surface area (Å²) in [4.78, 5) is 18.3. The number of hydrogen-bond donors (Lipinski definition) is 2. The fourth-order valence-corrected chi connectivity index (χ4v) is 1.53. The molecule has 0 radical (unpaired) electrons. The molecule has 1 heterocycles. The summed E-state index contributed by atoms with van der Waals surface area (Å²) < 4.78 is 39.8. The van der Waals surface area contributed by atoms with E-state index >= 15 is 0 Å². The number of halogens is 3. The van der Waals surface area contributed by atoms with Gasteiger partial charge in [-0.25, -0.2) is 14.8 Å². The van der Waals surface area contributed by atoms with Crippen LogP contribution in [0, 0.1) is 0 Å². The van der Waals surface area contributed by atoms with Gasteiger partial charge >= 0.3 is 12.3 Å². The van der Waals surface area contributed by atoms with Gasteiger partial charge in [0.15, 0.2) is 5.69 Å². The van der Waals surface area contributed by atoms with Crippen LogP contribution in [-0.2, 0) is 0 Å². The summed E-state index contributed by atoms with van der Waals surface area (Å²) in [6, 6.07) is 4.68. The number of nitrogens with zero attached hydrogens (tertiary/aromatic N) is 2. The number of aromatic nitrogens is 2. The molecule has 1 aromatic carbocycles. The van der Waals surface area contributed by atoms with Gasteiger partial charge in [-0.05, 0) is 24.3 Å². The molecule has 0 saturated heterocycles. The van der Waals surface area contributed by atoms with E-state index in [4.69, 9.17) is 10.8 Å². The molecule has 0 atom stereocenters. The fourth-order valence-electron chi connectivity index (χ4n) is 1.53. The van der Waals surface area contributed by atoms with Gasteiger partial charge in [0.2, 0.25) is 0 Å². The van der Waals surface area contributed by atoms with Crippen LogP contribution < -0.4 is 10.5 Å². The van der Waals surface area contributed by atoms with E-state index in [9.17, 15) is 18.0 Å². The van der Waals surface area contributed by atoms with Crippen LogP contribution >= 0.6 is 0 Å². The molecule has 21 heavy (non-hydrogen) atoms. The number of benzene rings is 1. The average molecular weight is 299 g/mol. The lowest BCUT2D eigenvalue weighted by atomic mass is 10.1. The number of anilines is 1. The molecule has 1 aromatic heterocycles. The van der Waals surface area contributed by atoms with Gasteiger partial charge in [-0.1, -0.05) is 0 Å². The van der Waals surface area contributed by atoms with Gasteiger partial charge in [0.25, 0.3) is 0 Å². The highest BCUT2D eigenvalue weighted by Crippen LogP contribution is 2.27. The van der Waals surface area contributed by atoms with Crippen LogP contribution in [0.2, 0.25) is 0 Å². The molecule has 0 spiro atoms. The van der Waals surface area contributed by atoms with Crippen molar-refractivity contribution in [1.82, 2.24) is 9.97 Å². The zero-order valence-corrected chi connectivity index (χ0v) is 10.3. The third kappa shape index (κ3) is 3.59. The second kappa shape index (κ2) is 5.27. The van der Waals surface area contributed by atoms with Crippen LogP contribution in [0.3, 0.4) is 0 Å². The zero-order valence-electron chi connectivity index (χ0n) is 10.3. The molecule has 2 aromatic rings. The highest BCUT2D eigenvalue weighted by Gasteiger charge is 2.31. The lowest BCUT2D eigenvalue weighted by Gasteiger charge is -2.10. The largest absolute Gasteiger partial charge is 0.573 e. The van der Waals surface area contributed by atoms with E-state index in [1.54, 1.807) is 0 Å². The molecule has 0 unspecified atom stereocenters. The SMILES string of the molecule is Nc1ncc(C(=O)O)nc1-c1ccc(OC(F)(F)F)cc1. The lowest BCUT2D eigenvalue weighted by Crippen LogP contribution is -2.17. The van der Waals surface area contributed by atoms with Crippen molar-refractivity contribution in [2.24, 2.45) is 0 Å². The van der Waals surface area contributed by atoms with E-state index in [2.05, 4.69) is 14.7 Å². The third-order valence-electron chi connectivity index (χ3n) is 2.38. The Balaban J connectivity index is 2.34. The Morgan fingerprint density at radius 2 is 1.86 bits per heavy atom. The van der Waals surface area contributed by atoms with E-state index in [1.807, 2.05) is 0 Å². The predicted molar refractivity (Wildman–Crippen MR) is 65.5 cm³/mol. The van der Waals surface area contributed by atoms with Gasteiger partial charge < -0.3 is 15.6 Å². The van der Waals surface area contributed by atoms with Crippen LogP contribution in [0.25, 0.3) is 11.3 Å². The standard InChI is InChI=1S/C12H8F3N3O3/c13-12(14,15)21-7-3-1-6(2-4-7)9-10(16)17-5-8(18-9)11(19)20/h1-5H,(H2,16,17)(H,19,20). The Morgan fingerprint density at radius 3 is 2.38 bits per heavy atom. The van der Waals surface area contributed by atoms with E-state index in [0.717, 1.165) is 18.3 Å². The Morgan fingerprint density at radius 1 is 1.24 bits per heavy atom. The molecule has 0 saturated carbocycles. The van der Waals surface area contributed by atoms with Gasteiger partial charge in [-0.2, -0.15) is 0 Å². The second-order valence-electron chi connectivity index (χ2n) is 3.87. The van der Waals surface area contributed by atoms with Crippen LogP contribution in [0.4, 0.5) is 19.0 Å². The second-order valence-corrected chi connectivity index (χ2v) is 3.87. The van der Waals surface area contributed by atoms with Crippen molar-refractivity contribution in [3.8, 4) is 17.0 Å². The Labute approximate surface area is 116 Å². The molecule has 0 bridgehead atoms. The molecule has 9 heteroatoms. The Bertz CT molecular complexity index is 672. The summed E-state index contributed by atoms with van der Waals surface area (Å²) in [6.07, 6.45) is -3.80. The van der Waals surface area contributed by atoms with E-state index in [1.165, 1.54) is 12.1 Å². The summed E-state index contributed by atoms with van der Waals surface area (Å²) in [5.74, 6) is -1.74. The number of ether oxygens (including phenoxy) is 1. The molecule has 2 rings (SSSR count). The minimum absolute atomic E-state index is 0.0375. The molecule has 0 aliphatic rings. The first-order chi connectivity index (χ1) is 9.76. The summed E-state index contributed by atoms with van der Waals surface area (Å²) in [5.41, 5.74) is 5.64. The maximum absolute atomic E-state index is 12.0. The quantitative estimate of drug-likeness (QED) is 0.902. The molecule has 0 aliphatic heterocycles. The number of rotatable bonds is 3. The number of aromatic carboxylic acids is 1. The highest BCUT2D eigenvalue weighted by atomic mass is 19.4. The van der Waals surface area contributed by atoms with Gasteiger partial charge in [-0.3, -0.25) is 0 Å². The highest BCUT2D eigenvalue weighted by molar-refractivity contribution is 5.86. The van der Waals surface area contributed by atoms with Gasteiger partial charge in [-0.15, -0.1) is 13.2 Å². The Hall–Kier alpha value is -2.84. The summed E-state index contributed by atoms with van der Waals surface area (Å²) in [5, 5.41) is 8.83. The monoisotopic (exact) mass is 299 g/mol. The van der Waals surface area contributed by atoms with Gasteiger partial charge in [0.05, 0.1) is 6.20 Å². The first-order valence-electron chi connectivity index (χ1n) is 5.48. The number of nitrogens with two attached hydrogens (primary N) is 1. The molecule has 0 fully saturated rings. The van der Waals surface area contributed by atoms with Gasteiger partial charge in [0.1, 0.15) is 17.3 Å². The minimum atomic E-state index is -4.79. The van der Waals surface area contributed by atoms with Crippen molar-refractivity contribution in [3.05, 3.63) is 36.2 Å². The van der Waals surface area contributed by atoms with Crippen molar-refractivity contribution in [1.29, 1.82) is 0 Å². The first kappa shape index (κ1) is 14.6. The number of hydrogen-bond acceptors (Lipinski definition) is 5. The van der Waals surface area contributed by atoms with Crippen molar-refractivity contribution < 1.29 is 27.8 Å². The van der Waals surface area contributed by atoms with E-state index in [-0.39, 0.29) is 17.2 Å². The fraction of sp³-hybridized carbons (Fsp3) is 0.0833. The van der Waals surface area contributed by atoms with Crippen LogP contribution in [0.15, 0.2) is 30.5 Å². The van der Waals surface area contributed by atoms with Crippen molar-refractivity contribution in [2.75, 3.05) is 5.73 Å². The number of carbonyl (C=O) groups is 1. The number of alkyl halides is 3. The van der Waals surface area contributed by atoms with Crippen LogP contribution in [0.1, 0.15) is 10.5 Å². The van der Waals surface area contributed by atoms with Crippen molar-refractivity contribution in [2.45, 2.75) is 6.36 Å². The molecule has 0 aliphatic carbocycles. The normalized spacial score (nSPS) is 11.2. The summed E-state index contributed by atoms with van der Waals surface area (Å²) >= 11 is 0. The van der Waals surface area contributed by atoms with E-state index < -0.39 is 18.1 Å². The number of nitrogen functional groups attached to an aromatic ring is 1. The molecular formula is C12H8F3N3O3. The predicted octanol–water partition coefficient (Wildman–Crippen LogP) is 2.32. The first-order valence-corrected chi connectivity index (χ1v) is 5.48. The maximum atomic E-state index is 12.0. The lowest BCUT2D eigenvalue weighted by molar-refractivity contribution is -0.274. The molecule has 110 valence electrons. The molecule has 6 nitrogen and oxygen atoms in total. The van der Waals surface area contributed by atoms with Crippen LogP contribution in [-0.4, -0.2) is 27.4 Å². The third-order valence-corrected chi connectivity index (χ3v) is 2.38. The van der Waals surface area contributed by atoms with Crippen molar-refractivity contribution >= 4 is 11.8 Å². The number of carboxylic acid groups (broad SMARTS) is 1. The van der Waals surface area contributed by atoms with Gasteiger partial charge in [0, 0.05) is 5.56 Å². The molecular weight excluding hydrogens is 291 g/mol. The topological polar surface area (TPSA) is 98.3 Å². The number of carboxylic acids is 1. The maximum Gasteiger partial charge on any atom is 0.573 e. The summed E-state index contributed by atoms with van der Waals surface area (Å²) in [7, 11) is 0. The average Bonchev–Trinajstić information content (AvgIpc) is 2.38. The summed E-state index contributed by atoms with van der Waals surface area (Å²) in [6.45, 7) is 0. The van der Waals surface area contributed by atoms with Crippen molar-refractivity contribution in [3.63, 3.8) is 0 Å². The Kier molecular flexibility index (Phi) is 3.66. The zero-order chi connectivity index (χ0) is 15.6. The molecule has 3 N–H and O–H groups in total.